The second-order valence-electron chi connectivity index (χ2n) is 7.66. The Labute approximate surface area is 166 Å². The third-order valence-electron chi connectivity index (χ3n) is 3.97. The van der Waals surface area contributed by atoms with Crippen LogP contribution in [0.3, 0.4) is 0 Å². The quantitative estimate of drug-likeness (QED) is 0.530. The number of likely N-dealkylation sites (tertiary alicyclic amines) is 1. The molecule has 1 saturated heterocycles. The van der Waals surface area contributed by atoms with Crippen LogP contribution < -0.4 is 16.0 Å². The summed E-state index contributed by atoms with van der Waals surface area (Å²) in [6.45, 7) is 9.57. The van der Waals surface area contributed by atoms with Crippen molar-refractivity contribution in [3.8, 4) is 0 Å². The lowest BCUT2D eigenvalue weighted by atomic mass is 10.2. The summed E-state index contributed by atoms with van der Waals surface area (Å²) >= 11 is 0. The van der Waals surface area contributed by atoms with E-state index in [4.69, 9.17) is 4.74 Å². The van der Waals surface area contributed by atoms with Crippen LogP contribution in [0.1, 0.15) is 34.1 Å². The molecule has 3 N–H and O–H groups in total. The highest BCUT2D eigenvalue weighted by Gasteiger charge is 2.27. The minimum atomic E-state index is -0.523. The monoisotopic (exact) mass is 389 g/mol. The Kier molecular flexibility index (Phi) is 7.66. The van der Waals surface area contributed by atoms with Gasteiger partial charge < -0.3 is 25.6 Å². The number of alkyl carbamates (subject to hydrolysis) is 1. The topological polar surface area (TPSA) is 95.1 Å². The largest absolute Gasteiger partial charge is 0.444 e. The minimum absolute atomic E-state index is 0.0168. The van der Waals surface area contributed by atoms with Crippen LogP contribution in [0.15, 0.2) is 35.3 Å². The van der Waals surface area contributed by atoms with Crippen LogP contribution in [0, 0.1) is 0 Å². The number of carbonyl (C=O) groups is 2. The zero-order chi connectivity index (χ0) is 20.6. The van der Waals surface area contributed by atoms with E-state index in [2.05, 4.69) is 20.9 Å². The summed E-state index contributed by atoms with van der Waals surface area (Å²) in [5, 5.41) is 8.92. The Morgan fingerprint density at radius 3 is 2.61 bits per heavy atom. The average molecular weight is 390 g/mol. The molecule has 28 heavy (non-hydrogen) atoms. The van der Waals surface area contributed by atoms with Crippen molar-refractivity contribution < 1.29 is 14.3 Å². The summed E-state index contributed by atoms with van der Waals surface area (Å²) in [7, 11) is 0. The summed E-state index contributed by atoms with van der Waals surface area (Å²) in [4.78, 5) is 30.6. The van der Waals surface area contributed by atoms with Gasteiger partial charge in [0.05, 0.1) is 6.04 Å². The van der Waals surface area contributed by atoms with Gasteiger partial charge in [-0.3, -0.25) is 4.79 Å². The van der Waals surface area contributed by atoms with Gasteiger partial charge in [-0.15, -0.1) is 0 Å². The van der Waals surface area contributed by atoms with Crippen LogP contribution in [0.5, 0.6) is 0 Å². The van der Waals surface area contributed by atoms with Gasteiger partial charge in [-0.25, -0.2) is 9.79 Å². The molecular weight excluding hydrogens is 358 g/mol. The van der Waals surface area contributed by atoms with Gasteiger partial charge in [0, 0.05) is 25.3 Å². The van der Waals surface area contributed by atoms with Crippen LogP contribution in [-0.2, 0) is 9.53 Å². The van der Waals surface area contributed by atoms with Gasteiger partial charge in [0.1, 0.15) is 12.1 Å². The number of benzene rings is 1. The first kappa shape index (κ1) is 21.5. The van der Waals surface area contributed by atoms with Crippen molar-refractivity contribution in [2.24, 2.45) is 4.99 Å². The molecule has 0 aliphatic carbocycles. The maximum absolute atomic E-state index is 12.1. The van der Waals surface area contributed by atoms with Gasteiger partial charge in [0.2, 0.25) is 5.91 Å². The molecule has 1 aromatic rings. The lowest BCUT2D eigenvalue weighted by Crippen LogP contribution is -2.44. The molecule has 2 rings (SSSR count). The Balaban J connectivity index is 1.88. The smallest absolute Gasteiger partial charge is 0.407 e. The Morgan fingerprint density at radius 1 is 1.25 bits per heavy atom. The van der Waals surface area contributed by atoms with Crippen LogP contribution in [-0.4, -0.2) is 60.7 Å². The highest BCUT2D eigenvalue weighted by atomic mass is 16.6. The number of anilines is 1. The summed E-state index contributed by atoms with van der Waals surface area (Å²) in [5.41, 5.74) is 0.223. The molecule has 1 aliphatic rings. The van der Waals surface area contributed by atoms with E-state index < -0.39 is 11.7 Å². The standard InChI is InChI=1S/C20H31N5O3/c1-5-21-18(22-13-17(26)23-15-9-7-6-8-10-15)25-12-11-16(14-25)24-19(27)28-20(2,3)4/h6-10,16H,5,11-14H2,1-4H3,(H,21,22)(H,23,26)(H,24,27). The second-order valence-corrected chi connectivity index (χ2v) is 7.66. The zero-order valence-corrected chi connectivity index (χ0v) is 17.1. The second kappa shape index (κ2) is 9.96. The summed E-state index contributed by atoms with van der Waals surface area (Å²) in [6, 6.07) is 9.28. The number of nitrogens with one attached hydrogen (secondary N) is 3. The molecule has 0 radical (unpaired) electrons. The number of carbonyl (C=O) groups excluding carboxylic acids is 2. The SMILES string of the molecule is CCNC(=NCC(=O)Nc1ccccc1)N1CCC(NC(=O)OC(C)(C)C)C1. The first-order valence-electron chi connectivity index (χ1n) is 9.64. The summed E-state index contributed by atoms with van der Waals surface area (Å²) in [6.07, 6.45) is 0.378. The number of amides is 2. The van der Waals surface area contributed by atoms with Gasteiger partial charge in [-0.1, -0.05) is 18.2 Å². The predicted octanol–water partition coefficient (Wildman–Crippen LogP) is 2.19. The van der Waals surface area contributed by atoms with Gasteiger partial charge in [0.25, 0.3) is 0 Å². The minimum Gasteiger partial charge on any atom is -0.444 e. The maximum Gasteiger partial charge on any atom is 0.407 e. The van der Waals surface area contributed by atoms with E-state index in [0.29, 0.717) is 19.0 Å². The van der Waals surface area contributed by atoms with Crippen LogP contribution in [0.2, 0.25) is 0 Å². The number of ether oxygens (including phenoxy) is 1. The van der Waals surface area contributed by atoms with Crippen molar-refractivity contribution in [1.29, 1.82) is 0 Å². The number of guanidine groups is 1. The normalized spacial score (nSPS) is 17.2. The molecule has 1 aromatic carbocycles. The van der Waals surface area contributed by atoms with E-state index in [1.54, 1.807) is 0 Å². The Hall–Kier alpha value is -2.77. The molecule has 1 unspecified atom stereocenters. The van der Waals surface area contributed by atoms with E-state index in [0.717, 1.165) is 18.7 Å². The fourth-order valence-electron chi connectivity index (χ4n) is 2.84. The fourth-order valence-corrected chi connectivity index (χ4v) is 2.84. The summed E-state index contributed by atoms with van der Waals surface area (Å²) < 4.78 is 5.31. The lowest BCUT2D eigenvalue weighted by molar-refractivity contribution is -0.114. The molecule has 1 heterocycles. The van der Waals surface area contributed by atoms with E-state index in [1.165, 1.54) is 0 Å². The van der Waals surface area contributed by atoms with Crippen molar-refractivity contribution in [2.45, 2.75) is 45.8 Å². The number of nitrogens with zero attached hydrogens (tertiary/aromatic N) is 2. The Bertz CT molecular complexity index is 685. The zero-order valence-electron chi connectivity index (χ0n) is 17.1. The van der Waals surface area contributed by atoms with Gasteiger partial charge in [-0.05, 0) is 46.2 Å². The van der Waals surface area contributed by atoms with Crippen molar-refractivity contribution in [3.63, 3.8) is 0 Å². The molecular formula is C20H31N5O3. The lowest BCUT2D eigenvalue weighted by Gasteiger charge is -2.23. The van der Waals surface area contributed by atoms with Gasteiger partial charge in [0.15, 0.2) is 5.96 Å². The molecule has 1 aliphatic heterocycles. The number of rotatable bonds is 5. The van der Waals surface area contributed by atoms with Crippen LogP contribution in [0.4, 0.5) is 10.5 Å². The molecule has 0 aromatic heterocycles. The highest BCUT2D eigenvalue weighted by molar-refractivity contribution is 5.94. The Morgan fingerprint density at radius 2 is 1.96 bits per heavy atom. The first-order valence-corrected chi connectivity index (χ1v) is 9.64. The number of hydrogen-bond acceptors (Lipinski definition) is 4. The third kappa shape index (κ3) is 7.46. The van der Waals surface area contributed by atoms with Crippen LogP contribution >= 0.6 is 0 Å². The summed E-state index contributed by atoms with van der Waals surface area (Å²) in [5.74, 6) is 0.489. The van der Waals surface area contributed by atoms with Crippen LogP contribution in [0.25, 0.3) is 0 Å². The molecule has 0 bridgehead atoms. The van der Waals surface area contributed by atoms with Gasteiger partial charge in [-0.2, -0.15) is 0 Å². The first-order chi connectivity index (χ1) is 13.3. The van der Waals surface area contributed by atoms with Crippen molar-refractivity contribution >= 4 is 23.6 Å². The number of para-hydroxylation sites is 1. The van der Waals surface area contributed by atoms with Crippen molar-refractivity contribution in [3.05, 3.63) is 30.3 Å². The van der Waals surface area contributed by atoms with E-state index in [1.807, 2.05) is 62.9 Å². The van der Waals surface area contributed by atoms with E-state index >= 15 is 0 Å². The average Bonchev–Trinajstić information content (AvgIpc) is 3.06. The van der Waals surface area contributed by atoms with E-state index in [9.17, 15) is 9.59 Å². The molecule has 8 heteroatoms. The van der Waals surface area contributed by atoms with Gasteiger partial charge >= 0.3 is 6.09 Å². The van der Waals surface area contributed by atoms with E-state index in [-0.39, 0.29) is 18.5 Å². The fraction of sp³-hybridized carbons (Fsp3) is 0.550. The number of hydrogen-bond donors (Lipinski definition) is 3. The van der Waals surface area contributed by atoms with Crippen molar-refractivity contribution in [2.75, 3.05) is 31.5 Å². The third-order valence-corrected chi connectivity index (χ3v) is 3.97. The molecule has 1 fully saturated rings. The molecule has 0 saturated carbocycles. The predicted molar refractivity (Wildman–Crippen MR) is 110 cm³/mol. The highest BCUT2D eigenvalue weighted by Crippen LogP contribution is 2.12. The maximum atomic E-state index is 12.1. The molecule has 154 valence electrons. The van der Waals surface area contributed by atoms with Crippen molar-refractivity contribution in [1.82, 2.24) is 15.5 Å². The number of aliphatic imine (C=N–C) groups is 1. The molecule has 1 atom stereocenters. The molecule has 2 amide bonds. The molecule has 8 nitrogen and oxygen atoms in total. The molecule has 0 spiro atoms.